The second-order valence-corrected chi connectivity index (χ2v) is 8.36. The van der Waals surface area contributed by atoms with Crippen LogP contribution in [0.3, 0.4) is 0 Å². The van der Waals surface area contributed by atoms with E-state index in [1.807, 2.05) is 0 Å². The molecule has 3 aliphatic rings. The Hall–Kier alpha value is -0.0400. The van der Waals surface area contributed by atoms with E-state index in [0.717, 1.165) is 24.4 Å². The fourth-order valence-electron chi connectivity index (χ4n) is 5.91. The standard InChI is InChI=1S/C17H30O/c1-12-6-9-16(4)13(15(12,2)3)7-10-17(5)14(16)8-11-18-17/h12-14H,6-11H2,1-5H3/t12-,13+,14?,16+,17-/m0/s1. The summed E-state index contributed by atoms with van der Waals surface area (Å²) in [5.74, 6) is 2.58. The smallest absolute Gasteiger partial charge is 0.0688 e. The highest BCUT2D eigenvalue weighted by atomic mass is 16.5. The molecule has 3 fully saturated rings. The van der Waals surface area contributed by atoms with E-state index in [2.05, 4.69) is 34.6 Å². The van der Waals surface area contributed by atoms with Crippen molar-refractivity contribution in [1.29, 1.82) is 0 Å². The van der Waals surface area contributed by atoms with Crippen LogP contribution < -0.4 is 0 Å². The molecule has 0 N–H and O–H groups in total. The Morgan fingerprint density at radius 1 is 0.889 bits per heavy atom. The summed E-state index contributed by atoms with van der Waals surface area (Å²) >= 11 is 0. The van der Waals surface area contributed by atoms with Crippen LogP contribution in [0.15, 0.2) is 0 Å². The van der Waals surface area contributed by atoms with Crippen LogP contribution in [0.25, 0.3) is 0 Å². The van der Waals surface area contributed by atoms with E-state index in [4.69, 9.17) is 4.74 Å². The predicted molar refractivity (Wildman–Crippen MR) is 75.5 cm³/mol. The second kappa shape index (κ2) is 3.75. The summed E-state index contributed by atoms with van der Waals surface area (Å²) in [6.07, 6.45) is 6.79. The summed E-state index contributed by atoms with van der Waals surface area (Å²) in [4.78, 5) is 0. The van der Waals surface area contributed by atoms with Crippen LogP contribution in [0, 0.1) is 28.6 Å². The number of hydrogen-bond donors (Lipinski definition) is 0. The van der Waals surface area contributed by atoms with Gasteiger partial charge in [-0.05, 0) is 67.6 Å². The van der Waals surface area contributed by atoms with Gasteiger partial charge in [0.25, 0.3) is 0 Å². The monoisotopic (exact) mass is 250 g/mol. The fraction of sp³-hybridized carbons (Fsp3) is 1.00. The molecule has 0 aromatic heterocycles. The Labute approximate surface area is 113 Å². The number of rotatable bonds is 0. The molecule has 0 bridgehead atoms. The van der Waals surface area contributed by atoms with Crippen LogP contribution in [0.4, 0.5) is 0 Å². The van der Waals surface area contributed by atoms with Gasteiger partial charge in [0.2, 0.25) is 0 Å². The molecular weight excluding hydrogens is 220 g/mol. The van der Waals surface area contributed by atoms with E-state index in [-0.39, 0.29) is 5.60 Å². The number of hydrogen-bond acceptors (Lipinski definition) is 1. The van der Waals surface area contributed by atoms with Crippen molar-refractivity contribution >= 4 is 0 Å². The van der Waals surface area contributed by atoms with E-state index in [9.17, 15) is 0 Å². The Bertz CT molecular complexity index is 348. The molecule has 1 aliphatic heterocycles. The predicted octanol–water partition coefficient (Wildman–Crippen LogP) is 4.65. The van der Waals surface area contributed by atoms with E-state index >= 15 is 0 Å². The lowest BCUT2D eigenvalue weighted by Gasteiger charge is -2.62. The molecule has 1 nitrogen and oxygen atoms in total. The Balaban J connectivity index is 1.98. The molecule has 18 heavy (non-hydrogen) atoms. The minimum atomic E-state index is 0.196. The maximum atomic E-state index is 6.15. The zero-order chi connectivity index (χ0) is 13.2. The van der Waals surface area contributed by atoms with Crippen molar-refractivity contribution in [2.75, 3.05) is 6.61 Å². The number of ether oxygens (including phenoxy) is 1. The quantitative estimate of drug-likeness (QED) is 0.608. The average molecular weight is 250 g/mol. The van der Waals surface area contributed by atoms with Crippen LogP contribution in [0.1, 0.15) is 66.7 Å². The van der Waals surface area contributed by atoms with Crippen LogP contribution >= 0.6 is 0 Å². The van der Waals surface area contributed by atoms with E-state index < -0.39 is 0 Å². The van der Waals surface area contributed by atoms with Crippen molar-refractivity contribution in [3.8, 4) is 0 Å². The first-order valence-corrected chi connectivity index (χ1v) is 7.95. The van der Waals surface area contributed by atoms with Gasteiger partial charge in [0.1, 0.15) is 0 Å². The second-order valence-electron chi connectivity index (χ2n) is 8.36. The molecule has 0 aromatic rings. The third kappa shape index (κ3) is 1.49. The van der Waals surface area contributed by atoms with Crippen LogP contribution in [0.2, 0.25) is 0 Å². The zero-order valence-electron chi connectivity index (χ0n) is 12.9. The van der Waals surface area contributed by atoms with Crippen LogP contribution in [-0.2, 0) is 4.74 Å². The normalized spacial score (nSPS) is 54.8. The molecule has 5 atom stereocenters. The third-order valence-electron chi connectivity index (χ3n) is 7.38. The van der Waals surface area contributed by atoms with Crippen molar-refractivity contribution in [2.45, 2.75) is 72.3 Å². The van der Waals surface area contributed by atoms with Gasteiger partial charge in [-0.2, -0.15) is 0 Å². The van der Waals surface area contributed by atoms with Gasteiger partial charge in [-0.1, -0.05) is 27.7 Å². The molecular formula is C17H30O. The maximum absolute atomic E-state index is 6.15. The Morgan fingerprint density at radius 3 is 2.33 bits per heavy atom. The van der Waals surface area contributed by atoms with Crippen molar-refractivity contribution in [3.63, 3.8) is 0 Å². The molecule has 0 amide bonds. The highest BCUT2D eigenvalue weighted by molar-refractivity contribution is 5.10. The highest BCUT2D eigenvalue weighted by Crippen LogP contribution is 2.65. The topological polar surface area (TPSA) is 9.23 Å². The molecule has 0 aromatic carbocycles. The lowest BCUT2D eigenvalue weighted by atomic mass is 9.43. The molecule has 1 heteroatoms. The van der Waals surface area contributed by atoms with Gasteiger partial charge in [-0.3, -0.25) is 0 Å². The average Bonchev–Trinajstić information content (AvgIpc) is 2.68. The van der Waals surface area contributed by atoms with Gasteiger partial charge >= 0.3 is 0 Å². The first kappa shape index (κ1) is 13.0. The van der Waals surface area contributed by atoms with Gasteiger partial charge in [0.15, 0.2) is 0 Å². The Morgan fingerprint density at radius 2 is 1.61 bits per heavy atom. The maximum Gasteiger partial charge on any atom is 0.0688 e. The first-order chi connectivity index (χ1) is 8.31. The summed E-state index contributed by atoms with van der Waals surface area (Å²) in [6, 6.07) is 0. The summed E-state index contributed by atoms with van der Waals surface area (Å²) in [7, 11) is 0. The summed E-state index contributed by atoms with van der Waals surface area (Å²) in [5.41, 5.74) is 1.23. The third-order valence-corrected chi connectivity index (χ3v) is 7.38. The molecule has 2 aliphatic carbocycles. The van der Waals surface area contributed by atoms with Gasteiger partial charge in [0.05, 0.1) is 5.60 Å². The van der Waals surface area contributed by atoms with Gasteiger partial charge in [-0.15, -0.1) is 0 Å². The highest BCUT2D eigenvalue weighted by Gasteiger charge is 2.61. The van der Waals surface area contributed by atoms with Crippen molar-refractivity contribution in [2.24, 2.45) is 28.6 Å². The fourth-order valence-corrected chi connectivity index (χ4v) is 5.91. The lowest BCUT2D eigenvalue weighted by molar-refractivity contribution is -0.161. The molecule has 3 rings (SSSR count). The summed E-state index contributed by atoms with van der Waals surface area (Å²) < 4.78 is 6.15. The van der Waals surface area contributed by atoms with Crippen molar-refractivity contribution < 1.29 is 4.74 Å². The molecule has 1 heterocycles. The molecule has 2 saturated carbocycles. The van der Waals surface area contributed by atoms with E-state index in [1.54, 1.807) is 0 Å². The zero-order valence-corrected chi connectivity index (χ0v) is 12.9. The molecule has 104 valence electrons. The SMILES string of the molecule is C[C@H]1CC[C@@]2(C)C3CCO[C@@]3(C)CC[C@@H]2C1(C)C. The van der Waals surface area contributed by atoms with Gasteiger partial charge in [-0.25, -0.2) is 0 Å². The van der Waals surface area contributed by atoms with Crippen molar-refractivity contribution in [1.82, 2.24) is 0 Å². The minimum absolute atomic E-state index is 0.196. The first-order valence-electron chi connectivity index (χ1n) is 7.95. The van der Waals surface area contributed by atoms with Crippen LogP contribution in [0.5, 0.6) is 0 Å². The Kier molecular flexibility index (Phi) is 2.70. The molecule has 0 spiro atoms. The lowest BCUT2D eigenvalue weighted by Crippen LogP contribution is -2.57. The van der Waals surface area contributed by atoms with Gasteiger partial charge in [0, 0.05) is 6.61 Å². The van der Waals surface area contributed by atoms with Gasteiger partial charge < -0.3 is 4.74 Å². The largest absolute Gasteiger partial charge is 0.375 e. The minimum Gasteiger partial charge on any atom is -0.375 e. The summed E-state index contributed by atoms with van der Waals surface area (Å²) in [5, 5.41) is 0. The molecule has 1 saturated heterocycles. The molecule has 1 unspecified atom stereocenters. The van der Waals surface area contributed by atoms with E-state index in [0.29, 0.717) is 10.8 Å². The number of fused-ring (bicyclic) bond motifs is 3. The van der Waals surface area contributed by atoms with E-state index in [1.165, 1.54) is 32.1 Å². The summed E-state index contributed by atoms with van der Waals surface area (Å²) in [6.45, 7) is 13.5. The molecule has 0 radical (unpaired) electrons. The van der Waals surface area contributed by atoms with Crippen LogP contribution in [-0.4, -0.2) is 12.2 Å². The van der Waals surface area contributed by atoms with Crippen molar-refractivity contribution in [3.05, 3.63) is 0 Å².